The van der Waals surface area contributed by atoms with E-state index in [1.165, 1.54) is 0 Å². The maximum absolute atomic E-state index is 13.3. The van der Waals surface area contributed by atoms with Gasteiger partial charge >= 0.3 is 0 Å². The highest BCUT2D eigenvalue weighted by atomic mass is 32.2. The van der Waals surface area contributed by atoms with Crippen molar-refractivity contribution in [3.05, 3.63) is 89.2 Å². The van der Waals surface area contributed by atoms with E-state index in [0.29, 0.717) is 44.2 Å². The van der Waals surface area contributed by atoms with Gasteiger partial charge < -0.3 is 9.47 Å². The maximum Gasteiger partial charge on any atom is 0.243 e. The average molecular weight is 440 g/mol. The zero-order valence-electron chi connectivity index (χ0n) is 18.1. The Morgan fingerprint density at radius 1 is 1.03 bits per heavy atom. The van der Waals surface area contributed by atoms with Crippen LogP contribution in [-0.4, -0.2) is 39.0 Å². The van der Waals surface area contributed by atoms with Crippen molar-refractivity contribution in [2.45, 2.75) is 31.8 Å². The third-order valence-electron chi connectivity index (χ3n) is 5.86. The summed E-state index contributed by atoms with van der Waals surface area (Å²) >= 11 is 0. The van der Waals surface area contributed by atoms with Crippen LogP contribution in [0.15, 0.2) is 83.0 Å². The third-order valence-corrected chi connectivity index (χ3v) is 7.72. The van der Waals surface area contributed by atoms with Crippen LogP contribution in [0.2, 0.25) is 0 Å². The van der Waals surface area contributed by atoms with Gasteiger partial charge in [-0.3, -0.25) is 0 Å². The van der Waals surface area contributed by atoms with Crippen LogP contribution in [0.5, 0.6) is 0 Å². The molecular weight excluding hydrogens is 410 g/mol. The van der Waals surface area contributed by atoms with E-state index in [-0.39, 0.29) is 0 Å². The van der Waals surface area contributed by atoms with Gasteiger partial charge in [0.2, 0.25) is 10.0 Å². The molecule has 4 rings (SSSR count). The predicted octanol–water partition coefficient (Wildman–Crippen LogP) is 4.45. The van der Waals surface area contributed by atoms with Crippen LogP contribution in [0.1, 0.15) is 24.5 Å². The second-order valence-electron chi connectivity index (χ2n) is 8.57. The largest absolute Gasteiger partial charge is 0.496 e. The lowest BCUT2D eigenvalue weighted by Crippen LogP contribution is -2.40. The molecule has 1 atom stereocenters. The fraction of sp³-hybridized carbons (Fsp3) is 0.360. The van der Waals surface area contributed by atoms with Crippen LogP contribution in [0.4, 0.5) is 0 Å². The molecule has 1 fully saturated rings. The number of fused-ring (bicyclic) bond motifs is 1. The van der Waals surface area contributed by atoms with Gasteiger partial charge in [-0.15, -0.1) is 0 Å². The van der Waals surface area contributed by atoms with Crippen molar-refractivity contribution in [3.63, 3.8) is 0 Å². The zero-order chi connectivity index (χ0) is 21.9. The SMILES string of the molecule is Cc1ccc(S(=O)(=O)N2CCOC3=CC=C(COCc4ccccc4)CC3(C)C2)cc1. The second kappa shape index (κ2) is 8.99. The van der Waals surface area contributed by atoms with E-state index in [0.717, 1.165) is 22.5 Å². The minimum Gasteiger partial charge on any atom is -0.496 e. The summed E-state index contributed by atoms with van der Waals surface area (Å²) in [7, 11) is -3.59. The van der Waals surface area contributed by atoms with E-state index in [9.17, 15) is 8.42 Å². The fourth-order valence-electron chi connectivity index (χ4n) is 4.16. The van der Waals surface area contributed by atoms with Crippen LogP contribution < -0.4 is 0 Å². The van der Waals surface area contributed by atoms with E-state index in [2.05, 4.69) is 6.92 Å². The number of nitrogens with zero attached hydrogens (tertiary/aromatic N) is 1. The van der Waals surface area contributed by atoms with Gasteiger partial charge in [-0.05, 0) is 42.7 Å². The topological polar surface area (TPSA) is 55.8 Å². The number of hydrogen-bond acceptors (Lipinski definition) is 4. The van der Waals surface area contributed by atoms with Crippen LogP contribution in [0, 0.1) is 12.3 Å². The first-order valence-corrected chi connectivity index (χ1v) is 12.0. The quantitative estimate of drug-likeness (QED) is 0.667. The summed E-state index contributed by atoms with van der Waals surface area (Å²) in [5, 5.41) is 0. The summed E-state index contributed by atoms with van der Waals surface area (Å²) in [6.45, 7) is 6.15. The standard InChI is InChI=1S/C25H29NO4S/c1-20-8-11-23(12-9-20)31(27,28)26-14-15-30-24-13-10-22(16-25(24,2)19-26)18-29-17-21-6-4-3-5-7-21/h3-13H,14-19H2,1-2H3. The Labute approximate surface area is 185 Å². The first kappa shape index (κ1) is 21.8. The van der Waals surface area contributed by atoms with E-state index in [1.54, 1.807) is 16.4 Å². The second-order valence-corrected chi connectivity index (χ2v) is 10.5. The minimum absolute atomic E-state index is 0.326. The number of sulfonamides is 1. The molecule has 164 valence electrons. The molecule has 1 aliphatic heterocycles. The molecule has 6 heteroatoms. The summed E-state index contributed by atoms with van der Waals surface area (Å²) in [5.74, 6) is 0.848. The monoisotopic (exact) mass is 439 g/mol. The number of rotatable bonds is 6. The van der Waals surface area contributed by atoms with Gasteiger partial charge in [-0.2, -0.15) is 4.31 Å². The number of ether oxygens (including phenoxy) is 2. The normalized spacial score (nSPS) is 22.0. The molecule has 2 aromatic rings. The molecular formula is C25H29NO4S. The fourth-order valence-corrected chi connectivity index (χ4v) is 5.71. The molecule has 0 amide bonds. The lowest BCUT2D eigenvalue weighted by atomic mass is 9.78. The average Bonchev–Trinajstić information content (AvgIpc) is 2.93. The van der Waals surface area contributed by atoms with Crippen LogP contribution >= 0.6 is 0 Å². The first-order valence-electron chi connectivity index (χ1n) is 10.6. The summed E-state index contributed by atoms with van der Waals surface area (Å²) < 4.78 is 40.0. The molecule has 0 saturated carbocycles. The highest BCUT2D eigenvalue weighted by Crippen LogP contribution is 2.41. The van der Waals surface area contributed by atoms with E-state index < -0.39 is 15.4 Å². The minimum atomic E-state index is -3.59. The third kappa shape index (κ3) is 4.92. The Balaban J connectivity index is 1.46. The molecule has 2 aliphatic rings. The Hall–Kier alpha value is -2.41. The molecule has 1 heterocycles. The molecule has 0 bridgehead atoms. The van der Waals surface area contributed by atoms with Crippen molar-refractivity contribution in [2.24, 2.45) is 5.41 Å². The van der Waals surface area contributed by atoms with Crippen molar-refractivity contribution in [1.82, 2.24) is 4.31 Å². The Morgan fingerprint density at radius 3 is 2.52 bits per heavy atom. The van der Waals surface area contributed by atoms with E-state index in [1.807, 2.05) is 61.5 Å². The molecule has 5 nitrogen and oxygen atoms in total. The number of benzene rings is 2. The molecule has 0 aromatic heterocycles. The van der Waals surface area contributed by atoms with Gasteiger partial charge in [0.1, 0.15) is 12.4 Å². The van der Waals surface area contributed by atoms with Crippen molar-refractivity contribution in [3.8, 4) is 0 Å². The van der Waals surface area contributed by atoms with Crippen molar-refractivity contribution in [2.75, 3.05) is 26.3 Å². The number of hydrogen-bond donors (Lipinski definition) is 0. The van der Waals surface area contributed by atoms with Gasteiger partial charge in [0.15, 0.2) is 0 Å². The van der Waals surface area contributed by atoms with Crippen LogP contribution in [0.25, 0.3) is 0 Å². The highest BCUT2D eigenvalue weighted by Gasteiger charge is 2.41. The van der Waals surface area contributed by atoms with Gasteiger partial charge in [0.05, 0.1) is 18.1 Å². The molecule has 1 saturated heterocycles. The number of allylic oxidation sites excluding steroid dienone is 2. The maximum atomic E-state index is 13.3. The Bertz CT molecular complexity index is 1070. The molecule has 2 aromatic carbocycles. The van der Waals surface area contributed by atoms with Gasteiger partial charge in [-0.1, -0.05) is 61.0 Å². The molecule has 0 N–H and O–H groups in total. The summed E-state index contributed by atoms with van der Waals surface area (Å²) in [4.78, 5) is 0.326. The smallest absolute Gasteiger partial charge is 0.243 e. The highest BCUT2D eigenvalue weighted by molar-refractivity contribution is 7.89. The summed E-state index contributed by atoms with van der Waals surface area (Å²) in [6.07, 6.45) is 4.73. The van der Waals surface area contributed by atoms with Crippen LogP contribution in [-0.2, 0) is 26.1 Å². The molecule has 0 spiro atoms. The van der Waals surface area contributed by atoms with Crippen molar-refractivity contribution in [1.29, 1.82) is 0 Å². The molecule has 0 radical (unpaired) electrons. The molecule has 1 unspecified atom stereocenters. The van der Waals surface area contributed by atoms with E-state index >= 15 is 0 Å². The van der Waals surface area contributed by atoms with Crippen molar-refractivity contribution >= 4 is 10.0 Å². The zero-order valence-corrected chi connectivity index (χ0v) is 18.9. The van der Waals surface area contributed by atoms with Gasteiger partial charge in [-0.25, -0.2) is 8.42 Å². The Kier molecular flexibility index (Phi) is 6.32. The van der Waals surface area contributed by atoms with Gasteiger partial charge in [0.25, 0.3) is 0 Å². The van der Waals surface area contributed by atoms with Crippen LogP contribution in [0.3, 0.4) is 0 Å². The molecule has 31 heavy (non-hydrogen) atoms. The Morgan fingerprint density at radius 2 is 1.77 bits per heavy atom. The first-order chi connectivity index (χ1) is 14.9. The predicted molar refractivity (Wildman–Crippen MR) is 121 cm³/mol. The lowest BCUT2D eigenvalue weighted by molar-refractivity contribution is 0.125. The molecule has 1 aliphatic carbocycles. The van der Waals surface area contributed by atoms with E-state index in [4.69, 9.17) is 9.47 Å². The van der Waals surface area contributed by atoms with Gasteiger partial charge in [0, 0.05) is 18.5 Å². The summed E-state index contributed by atoms with van der Waals surface area (Å²) in [6, 6.07) is 17.1. The summed E-state index contributed by atoms with van der Waals surface area (Å²) in [5.41, 5.74) is 2.89. The van der Waals surface area contributed by atoms with Crippen molar-refractivity contribution < 1.29 is 17.9 Å². The number of aryl methyl sites for hydroxylation is 1. The lowest BCUT2D eigenvalue weighted by Gasteiger charge is -2.35.